The summed E-state index contributed by atoms with van der Waals surface area (Å²) in [6, 6.07) is 8.90. The zero-order chi connectivity index (χ0) is 18.7. The molecule has 2 heterocycles. The van der Waals surface area contributed by atoms with Crippen molar-refractivity contribution in [2.24, 2.45) is 0 Å². The molecule has 0 saturated carbocycles. The number of hydrogen-bond donors (Lipinski definition) is 1. The molecule has 26 heavy (non-hydrogen) atoms. The van der Waals surface area contributed by atoms with Gasteiger partial charge in [0.05, 0.1) is 0 Å². The van der Waals surface area contributed by atoms with Crippen LogP contribution >= 0.6 is 0 Å². The summed E-state index contributed by atoms with van der Waals surface area (Å²) < 4.78 is 0. The van der Waals surface area contributed by atoms with Gasteiger partial charge in [0.25, 0.3) is 0 Å². The summed E-state index contributed by atoms with van der Waals surface area (Å²) in [6.07, 6.45) is 1.71. The SMILES string of the molecule is Cc1ccc(CN2CCN(C3CCN(C(=O)NC(C)C)CC3)C2=O)cc1. The molecule has 2 aliphatic heterocycles. The third kappa shape index (κ3) is 4.29. The Kier molecular flexibility index (Phi) is 5.69. The van der Waals surface area contributed by atoms with Crippen molar-refractivity contribution in [1.29, 1.82) is 0 Å². The number of benzene rings is 1. The van der Waals surface area contributed by atoms with Gasteiger partial charge in [-0.05, 0) is 39.2 Å². The minimum Gasteiger partial charge on any atom is -0.336 e. The molecule has 0 radical (unpaired) electrons. The van der Waals surface area contributed by atoms with Crippen molar-refractivity contribution in [2.75, 3.05) is 26.2 Å². The number of hydrogen-bond acceptors (Lipinski definition) is 2. The number of carbonyl (C=O) groups excluding carboxylic acids is 2. The van der Waals surface area contributed by atoms with Crippen LogP contribution < -0.4 is 5.32 Å². The number of amides is 4. The largest absolute Gasteiger partial charge is 0.336 e. The fourth-order valence-corrected chi connectivity index (χ4v) is 3.72. The molecular weight excluding hydrogens is 328 g/mol. The lowest BCUT2D eigenvalue weighted by atomic mass is 10.0. The molecule has 0 aliphatic carbocycles. The molecule has 1 aromatic rings. The summed E-state index contributed by atoms with van der Waals surface area (Å²) in [5, 5.41) is 2.94. The average molecular weight is 358 g/mol. The molecule has 2 fully saturated rings. The van der Waals surface area contributed by atoms with E-state index in [1.807, 2.05) is 28.5 Å². The van der Waals surface area contributed by atoms with Crippen LogP contribution in [0.5, 0.6) is 0 Å². The Labute approximate surface area is 156 Å². The summed E-state index contributed by atoms with van der Waals surface area (Å²) in [5.74, 6) is 0. The van der Waals surface area contributed by atoms with Crippen LogP contribution in [-0.2, 0) is 6.54 Å². The van der Waals surface area contributed by atoms with Crippen LogP contribution in [0.25, 0.3) is 0 Å². The molecule has 0 spiro atoms. The standard InChI is InChI=1S/C20H30N4O2/c1-15(2)21-19(25)22-10-8-18(9-11-22)24-13-12-23(20(24)26)14-17-6-4-16(3)5-7-17/h4-7,15,18H,8-14H2,1-3H3,(H,21,25). The van der Waals surface area contributed by atoms with Crippen molar-refractivity contribution in [2.45, 2.75) is 52.2 Å². The van der Waals surface area contributed by atoms with E-state index in [0.717, 1.165) is 25.9 Å². The van der Waals surface area contributed by atoms with Crippen molar-refractivity contribution in [1.82, 2.24) is 20.0 Å². The number of nitrogens with one attached hydrogen (secondary N) is 1. The second-order valence-corrected chi connectivity index (χ2v) is 7.71. The fraction of sp³-hybridized carbons (Fsp3) is 0.600. The second kappa shape index (κ2) is 7.98. The van der Waals surface area contributed by atoms with Crippen LogP contribution in [0.4, 0.5) is 9.59 Å². The third-order valence-corrected chi connectivity index (χ3v) is 5.23. The van der Waals surface area contributed by atoms with Gasteiger partial charge in [0.15, 0.2) is 0 Å². The minimum absolute atomic E-state index is 0.00666. The highest BCUT2D eigenvalue weighted by molar-refractivity contribution is 5.77. The molecular formula is C20H30N4O2. The molecule has 1 N–H and O–H groups in total. The van der Waals surface area contributed by atoms with Gasteiger partial charge >= 0.3 is 12.1 Å². The van der Waals surface area contributed by atoms with Gasteiger partial charge in [0, 0.05) is 44.8 Å². The Bertz CT molecular complexity index is 636. The van der Waals surface area contributed by atoms with Gasteiger partial charge in [-0.1, -0.05) is 29.8 Å². The molecule has 1 aromatic carbocycles. The first-order chi connectivity index (χ1) is 12.4. The molecule has 0 atom stereocenters. The molecule has 0 aromatic heterocycles. The molecule has 3 rings (SSSR count). The molecule has 6 nitrogen and oxygen atoms in total. The molecule has 142 valence electrons. The lowest BCUT2D eigenvalue weighted by Gasteiger charge is -2.36. The first-order valence-corrected chi connectivity index (χ1v) is 9.60. The molecule has 2 aliphatic rings. The van der Waals surface area contributed by atoms with Gasteiger partial charge in [0.2, 0.25) is 0 Å². The molecule has 4 amide bonds. The third-order valence-electron chi connectivity index (χ3n) is 5.23. The van der Waals surface area contributed by atoms with Crippen molar-refractivity contribution < 1.29 is 9.59 Å². The van der Waals surface area contributed by atoms with Crippen LogP contribution in [0, 0.1) is 6.92 Å². The summed E-state index contributed by atoms with van der Waals surface area (Å²) >= 11 is 0. The molecule has 6 heteroatoms. The average Bonchev–Trinajstić information content (AvgIpc) is 2.97. The zero-order valence-corrected chi connectivity index (χ0v) is 16.1. The van der Waals surface area contributed by atoms with Crippen molar-refractivity contribution in [3.63, 3.8) is 0 Å². The normalized spacial score (nSPS) is 18.8. The van der Waals surface area contributed by atoms with E-state index in [4.69, 9.17) is 0 Å². The van der Waals surface area contributed by atoms with E-state index >= 15 is 0 Å². The highest BCUT2D eigenvalue weighted by Crippen LogP contribution is 2.23. The van der Waals surface area contributed by atoms with Crippen LogP contribution in [-0.4, -0.2) is 65.0 Å². The first-order valence-electron chi connectivity index (χ1n) is 9.60. The van der Waals surface area contributed by atoms with Crippen molar-refractivity contribution in [3.8, 4) is 0 Å². The Morgan fingerprint density at radius 1 is 1.12 bits per heavy atom. The number of likely N-dealkylation sites (tertiary alicyclic amines) is 1. The Morgan fingerprint density at radius 2 is 1.77 bits per heavy atom. The summed E-state index contributed by atoms with van der Waals surface area (Å²) in [6.45, 7) is 9.67. The lowest BCUT2D eigenvalue weighted by Crippen LogP contribution is -2.51. The van der Waals surface area contributed by atoms with Gasteiger partial charge < -0.3 is 20.0 Å². The van der Waals surface area contributed by atoms with E-state index < -0.39 is 0 Å². The number of aryl methyl sites for hydroxylation is 1. The number of nitrogens with zero attached hydrogens (tertiary/aromatic N) is 3. The van der Waals surface area contributed by atoms with E-state index in [2.05, 4.69) is 36.5 Å². The minimum atomic E-state index is 0.00666. The van der Waals surface area contributed by atoms with E-state index in [9.17, 15) is 9.59 Å². The quantitative estimate of drug-likeness (QED) is 0.900. The number of piperidine rings is 1. The van der Waals surface area contributed by atoms with E-state index in [1.54, 1.807) is 0 Å². The van der Waals surface area contributed by atoms with Gasteiger partial charge in [-0.25, -0.2) is 9.59 Å². The number of rotatable bonds is 4. The first kappa shape index (κ1) is 18.5. The predicted molar refractivity (Wildman–Crippen MR) is 102 cm³/mol. The summed E-state index contributed by atoms with van der Waals surface area (Å²) in [4.78, 5) is 30.7. The monoisotopic (exact) mass is 358 g/mol. The van der Waals surface area contributed by atoms with Gasteiger partial charge in [-0.15, -0.1) is 0 Å². The van der Waals surface area contributed by atoms with Crippen LogP contribution in [0.1, 0.15) is 37.8 Å². The highest BCUT2D eigenvalue weighted by atomic mass is 16.2. The maximum atomic E-state index is 12.8. The van der Waals surface area contributed by atoms with Crippen molar-refractivity contribution in [3.05, 3.63) is 35.4 Å². The Morgan fingerprint density at radius 3 is 2.38 bits per heavy atom. The van der Waals surface area contributed by atoms with Crippen LogP contribution in [0.15, 0.2) is 24.3 Å². The van der Waals surface area contributed by atoms with E-state index in [-0.39, 0.29) is 24.1 Å². The van der Waals surface area contributed by atoms with E-state index in [0.29, 0.717) is 19.6 Å². The number of carbonyl (C=O) groups is 2. The zero-order valence-electron chi connectivity index (χ0n) is 16.1. The second-order valence-electron chi connectivity index (χ2n) is 7.71. The summed E-state index contributed by atoms with van der Waals surface area (Å²) in [5.41, 5.74) is 2.40. The van der Waals surface area contributed by atoms with E-state index in [1.165, 1.54) is 11.1 Å². The van der Waals surface area contributed by atoms with Gasteiger partial charge in [0.1, 0.15) is 0 Å². The topological polar surface area (TPSA) is 55.9 Å². The predicted octanol–water partition coefficient (Wildman–Crippen LogP) is 2.82. The molecule has 2 saturated heterocycles. The smallest absolute Gasteiger partial charge is 0.320 e. The molecule has 0 unspecified atom stereocenters. The molecule has 0 bridgehead atoms. The summed E-state index contributed by atoms with van der Waals surface area (Å²) in [7, 11) is 0. The maximum Gasteiger partial charge on any atom is 0.320 e. The van der Waals surface area contributed by atoms with Crippen molar-refractivity contribution >= 4 is 12.1 Å². The van der Waals surface area contributed by atoms with Gasteiger partial charge in [-0.2, -0.15) is 0 Å². The fourth-order valence-electron chi connectivity index (χ4n) is 3.72. The lowest BCUT2D eigenvalue weighted by molar-refractivity contribution is 0.134. The van der Waals surface area contributed by atoms with Gasteiger partial charge in [-0.3, -0.25) is 0 Å². The van der Waals surface area contributed by atoms with Crippen LogP contribution in [0.3, 0.4) is 0 Å². The number of urea groups is 2. The highest BCUT2D eigenvalue weighted by Gasteiger charge is 2.35. The maximum absolute atomic E-state index is 12.8. The van der Waals surface area contributed by atoms with Crippen LogP contribution in [0.2, 0.25) is 0 Å². The Balaban J connectivity index is 1.51. The Hall–Kier alpha value is -2.24.